The molecule has 0 aliphatic carbocycles. The minimum absolute atomic E-state index is 0.217. The van der Waals surface area contributed by atoms with Gasteiger partial charge in [0.2, 0.25) is 0 Å². The van der Waals surface area contributed by atoms with Gasteiger partial charge < -0.3 is 10.1 Å². The molecule has 2 rings (SSSR count). The van der Waals surface area contributed by atoms with Crippen LogP contribution in [-0.4, -0.2) is 24.7 Å². The Morgan fingerprint density at radius 1 is 1.26 bits per heavy atom. The first-order chi connectivity index (χ1) is 11.0. The molecular formula is C16H13BrFNO3S. The summed E-state index contributed by atoms with van der Waals surface area (Å²) in [5.41, 5.74) is 0.418. The Kier molecular flexibility index (Phi) is 6.18. The second kappa shape index (κ2) is 8.12. The molecule has 0 aromatic heterocycles. The fourth-order valence-electron chi connectivity index (χ4n) is 1.80. The topological polar surface area (TPSA) is 55.4 Å². The molecule has 0 spiro atoms. The van der Waals surface area contributed by atoms with Gasteiger partial charge in [-0.1, -0.05) is 28.1 Å². The Balaban J connectivity index is 1.95. The molecule has 23 heavy (non-hydrogen) atoms. The number of nitrogens with one attached hydrogen (secondary N) is 1. The second-order valence-corrected chi connectivity index (χ2v) is 6.21. The van der Waals surface area contributed by atoms with Crippen molar-refractivity contribution in [3.8, 4) is 0 Å². The third-order valence-corrected chi connectivity index (χ3v) is 4.16. The van der Waals surface area contributed by atoms with Crippen molar-refractivity contribution in [2.24, 2.45) is 0 Å². The molecule has 1 N–H and O–H groups in total. The van der Waals surface area contributed by atoms with E-state index in [2.05, 4.69) is 21.2 Å². The molecule has 0 fully saturated rings. The van der Waals surface area contributed by atoms with E-state index in [1.807, 2.05) is 18.4 Å². The van der Waals surface area contributed by atoms with E-state index in [1.165, 1.54) is 23.9 Å². The SMILES string of the molecule is CSc1ccccc1NC(=O)COC(=O)c1ccc(Br)cc1F. The number of amides is 1. The van der Waals surface area contributed by atoms with Gasteiger partial charge in [-0.2, -0.15) is 0 Å². The van der Waals surface area contributed by atoms with E-state index in [4.69, 9.17) is 4.74 Å². The lowest BCUT2D eigenvalue weighted by Gasteiger charge is -2.10. The highest BCUT2D eigenvalue weighted by Crippen LogP contribution is 2.24. The van der Waals surface area contributed by atoms with Crippen molar-refractivity contribution in [3.05, 3.63) is 58.3 Å². The van der Waals surface area contributed by atoms with Crippen molar-refractivity contribution in [1.29, 1.82) is 0 Å². The first-order valence-corrected chi connectivity index (χ1v) is 8.58. The molecule has 2 aromatic rings. The van der Waals surface area contributed by atoms with Crippen LogP contribution in [-0.2, 0) is 9.53 Å². The number of para-hydroxylation sites is 1. The van der Waals surface area contributed by atoms with Crippen LogP contribution in [0.3, 0.4) is 0 Å². The number of halogens is 2. The smallest absolute Gasteiger partial charge is 0.341 e. The lowest BCUT2D eigenvalue weighted by molar-refractivity contribution is -0.119. The Labute approximate surface area is 145 Å². The van der Waals surface area contributed by atoms with E-state index in [-0.39, 0.29) is 5.56 Å². The van der Waals surface area contributed by atoms with Gasteiger partial charge in [-0.3, -0.25) is 4.79 Å². The van der Waals surface area contributed by atoms with E-state index >= 15 is 0 Å². The molecule has 0 atom stereocenters. The maximum atomic E-state index is 13.6. The van der Waals surface area contributed by atoms with Crippen LogP contribution < -0.4 is 5.32 Å². The molecule has 0 saturated carbocycles. The number of rotatable bonds is 5. The van der Waals surface area contributed by atoms with Crippen molar-refractivity contribution < 1.29 is 18.7 Å². The molecule has 4 nitrogen and oxygen atoms in total. The van der Waals surface area contributed by atoms with Crippen LogP contribution in [0.15, 0.2) is 51.8 Å². The normalized spacial score (nSPS) is 10.2. The number of hydrogen-bond donors (Lipinski definition) is 1. The highest BCUT2D eigenvalue weighted by atomic mass is 79.9. The molecule has 0 bridgehead atoms. The molecule has 0 heterocycles. The quantitative estimate of drug-likeness (QED) is 0.609. The monoisotopic (exact) mass is 397 g/mol. The van der Waals surface area contributed by atoms with Crippen molar-refractivity contribution in [2.75, 3.05) is 18.2 Å². The number of benzene rings is 2. The maximum absolute atomic E-state index is 13.6. The molecule has 0 aliphatic heterocycles. The minimum Gasteiger partial charge on any atom is -0.452 e. The van der Waals surface area contributed by atoms with E-state index < -0.39 is 24.3 Å². The van der Waals surface area contributed by atoms with Gasteiger partial charge in [0.05, 0.1) is 11.3 Å². The standard InChI is InChI=1S/C16H13BrFNO3S/c1-23-14-5-3-2-4-13(14)19-15(20)9-22-16(21)11-7-6-10(17)8-12(11)18/h2-8H,9H2,1H3,(H,19,20). The van der Waals surface area contributed by atoms with Gasteiger partial charge in [0.15, 0.2) is 6.61 Å². The molecule has 0 saturated heterocycles. The van der Waals surface area contributed by atoms with Crippen LogP contribution >= 0.6 is 27.7 Å². The zero-order chi connectivity index (χ0) is 16.8. The van der Waals surface area contributed by atoms with Crippen LogP contribution in [0.2, 0.25) is 0 Å². The molecule has 1 amide bonds. The molecule has 7 heteroatoms. The number of esters is 1. The summed E-state index contributed by atoms with van der Waals surface area (Å²) in [7, 11) is 0. The van der Waals surface area contributed by atoms with E-state index in [9.17, 15) is 14.0 Å². The second-order valence-electron chi connectivity index (χ2n) is 4.45. The van der Waals surface area contributed by atoms with Crippen LogP contribution in [0.4, 0.5) is 10.1 Å². The summed E-state index contributed by atoms with van der Waals surface area (Å²) in [6, 6.07) is 11.2. The summed E-state index contributed by atoms with van der Waals surface area (Å²) in [4.78, 5) is 24.5. The van der Waals surface area contributed by atoms with Gasteiger partial charge in [0.1, 0.15) is 5.82 Å². The molecule has 0 unspecified atom stereocenters. The fourth-order valence-corrected chi connectivity index (χ4v) is 2.68. The van der Waals surface area contributed by atoms with E-state index in [1.54, 1.807) is 12.1 Å². The van der Waals surface area contributed by atoms with Crippen molar-refractivity contribution in [2.45, 2.75) is 4.90 Å². The van der Waals surface area contributed by atoms with Crippen LogP contribution in [0.25, 0.3) is 0 Å². The van der Waals surface area contributed by atoms with Gasteiger partial charge in [-0.15, -0.1) is 11.8 Å². The number of thioether (sulfide) groups is 1. The van der Waals surface area contributed by atoms with Gasteiger partial charge >= 0.3 is 5.97 Å². The Hall–Kier alpha value is -1.86. The van der Waals surface area contributed by atoms with Crippen LogP contribution in [0.5, 0.6) is 0 Å². The molecule has 120 valence electrons. The average molecular weight is 398 g/mol. The van der Waals surface area contributed by atoms with Crippen LogP contribution in [0, 0.1) is 5.82 Å². The number of anilines is 1. The van der Waals surface area contributed by atoms with Crippen molar-refractivity contribution >= 4 is 45.3 Å². The van der Waals surface area contributed by atoms with Gasteiger partial charge in [0.25, 0.3) is 5.91 Å². The third kappa shape index (κ3) is 4.80. The highest BCUT2D eigenvalue weighted by molar-refractivity contribution is 9.10. The number of hydrogen-bond acceptors (Lipinski definition) is 4. The summed E-state index contributed by atoms with van der Waals surface area (Å²) in [5.74, 6) is -2.09. The lowest BCUT2D eigenvalue weighted by atomic mass is 10.2. The largest absolute Gasteiger partial charge is 0.452 e. The summed E-state index contributed by atoms with van der Waals surface area (Å²) in [6.45, 7) is -0.489. The Morgan fingerprint density at radius 3 is 2.70 bits per heavy atom. The molecule has 0 aliphatic rings. The summed E-state index contributed by atoms with van der Waals surface area (Å²) in [5, 5.41) is 2.65. The highest BCUT2D eigenvalue weighted by Gasteiger charge is 2.15. The number of carbonyl (C=O) groups is 2. The first-order valence-electron chi connectivity index (χ1n) is 6.56. The van der Waals surface area contributed by atoms with E-state index in [0.29, 0.717) is 10.2 Å². The molecule has 0 radical (unpaired) electrons. The summed E-state index contributed by atoms with van der Waals surface area (Å²) < 4.78 is 19.0. The summed E-state index contributed by atoms with van der Waals surface area (Å²) >= 11 is 4.59. The average Bonchev–Trinajstić information content (AvgIpc) is 2.53. The third-order valence-electron chi connectivity index (χ3n) is 2.87. The van der Waals surface area contributed by atoms with Gasteiger partial charge in [-0.25, -0.2) is 9.18 Å². The van der Waals surface area contributed by atoms with E-state index in [0.717, 1.165) is 11.0 Å². The number of ether oxygens (including phenoxy) is 1. The summed E-state index contributed by atoms with van der Waals surface area (Å²) in [6.07, 6.45) is 1.89. The zero-order valence-electron chi connectivity index (χ0n) is 12.1. The lowest BCUT2D eigenvalue weighted by Crippen LogP contribution is -2.21. The van der Waals surface area contributed by atoms with Gasteiger partial charge in [-0.05, 0) is 36.6 Å². The first kappa shape index (κ1) is 17.5. The Bertz CT molecular complexity index is 739. The number of carbonyl (C=O) groups excluding carboxylic acids is 2. The zero-order valence-corrected chi connectivity index (χ0v) is 14.5. The minimum atomic E-state index is -0.886. The maximum Gasteiger partial charge on any atom is 0.341 e. The van der Waals surface area contributed by atoms with Crippen molar-refractivity contribution in [1.82, 2.24) is 0 Å². The predicted octanol–water partition coefficient (Wildman–Crippen LogP) is 4.11. The van der Waals surface area contributed by atoms with Gasteiger partial charge in [0, 0.05) is 9.37 Å². The fraction of sp³-hybridized carbons (Fsp3) is 0.125. The molecular weight excluding hydrogens is 385 g/mol. The molecule has 2 aromatic carbocycles. The predicted molar refractivity (Wildman–Crippen MR) is 91.2 cm³/mol. The van der Waals surface area contributed by atoms with Crippen LogP contribution in [0.1, 0.15) is 10.4 Å². The van der Waals surface area contributed by atoms with Crippen molar-refractivity contribution in [3.63, 3.8) is 0 Å². The Morgan fingerprint density at radius 2 is 2.00 bits per heavy atom.